The number of ether oxygens (including phenoxy) is 1. The fraction of sp³-hybridized carbons (Fsp3) is 0.462. The fourth-order valence-electron chi connectivity index (χ4n) is 1.64. The number of carbonyl (C=O) groups is 2. The summed E-state index contributed by atoms with van der Waals surface area (Å²) >= 11 is 0. The van der Waals surface area contributed by atoms with Gasteiger partial charge in [-0.2, -0.15) is 0 Å². The molecule has 0 aliphatic heterocycles. The highest BCUT2D eigenvalue weighted by Crippen LogP contribution is 2.06. The molecule has 0 saturated carbocycles. The molecule has 104 valence electrons. The molecular weight excluding hydrogens is 246 g/mol. The van der Waals surface area contributed by atoms with E-state index in [1.807, 2.05) is 13.8 Å². The Balaban J connectivity index is 2.76. The average molecular weight is 265 g/mol. The number of hydrogen-bond donors (Lipinski definition) is 1. The molecule has 6 heteroatoms. The second kappa shape index (κ2) is 7.35. The van der Waals surface area contributed by atoms with Gasteiger partial charge in [-0.15, -0.1) is 0 Å². The van der Waals surface area contributed by atoms with E-state index in [1.165, 1.54) is 7.11 Å². The number of amides is 2. The summed E-state index contributed by atoms with van der Waals surface area (Å²) in [6.07, 6.45) is 1.03. The summed E-state index contributed by atoms with van der Waals surface area (Å²) in [5.41, 5.74) is 1.18. The summed E-state index contributed by atoms with van der Waals surface area (Å²) in [4.78, 5) is 28.9. The van der Waals surface area contributed by atoms with Gasteiger partial charge in [-0.1, -0.05) is 0 Å². The normalized spacial score (nSPS) is 9.84. The van der Waals surface area contributed by atoms with Crippen molar-refractivity contribution in [3.05, 3.63) is 29.6 Å². The van der Waals surface area contributed by atoms with Crippen LogP contribution in [0, 0.1) is 0 Å². The van der Waals surface area contributed by atoms with Crippen LogP contribution >= 0.6 is 0 Å². The van der Waals surface area contributed by atoms with Crippen LogP contribution in [0.3, 0.4) is 0 Å². The van der Waals surface area contributed by atoms with Crippen molar-refractivity contribution in [1.82, 2.24) is 15.2 Å². The van der Waals surface area contributed by atoms with Gasteiger partial charge in [0.2, 0.25) is 0 Å². The summed E-state index contributed by atoms with van der Waals surface area (Å²) in [5, 5.41) is 2.52. The zero-order valence-electron chi connectivity index (χ0n) is 11.5. The van der Waals surface area contributed by atoms with Crippen molar-refractivity contribution in [1.29, 1.82) is 0 Å². The minimum Gasteiger partial charge on any atom is -0.453 e. The lowest BCUT2D eigenvalue weighted by molar-refractivity contribution is 0.0772. The second-order valence-electron chi connectivity index (χ2n) is 3.86. The van der Waals surface area contributed by atoms with Crippen molar-refractivity contribution in [3.8, 4) is 0 Å². The average Bonchev–Trinajstić information content (AvgIpc) is 2.46. The molecule has 0 atom stereocenters. The molecule has 6 nitrogen and oxygen atoms in total. The molecule has 0 aliphatic carbocycles. The number of rotatable bonds is 5. The largest absolute Gasteiger partial charge is 0.453 e. The second-order valence-corrected chi connectivity index (χ2v) is 3.86. The summed E-state index contributed by atoms with van der Waals surface area (Å²) in [6.45, 7) is 5.41. The molecule has 0 bridgehead atoms. The first kappa shape index (κ1) is 14.9. The SMILES string of the molecule is CCN(CC)C(=O)c1ccnc(CNC(=O)OC)c1. The van der Waals surface area contributed by atoms with Gasteiger partial charge in [0.1, 0.15) is 0 Å². The maximum absolute atomic E-state index is 12.1. The van der Waals surface area contributed by atoms with Crippen LogP contribution in [0.5, 0.6) is 0 Å². The van der Waals surface area contributed by atoms with Crippen LogP contribution in [0.25, 0.3) is 0 Å². The van der Waals surface area contributed by atoms with Gasteiger partial charge in [-0.3, -0.25) is 9.78 Å². The summed E-state index contributed by atoms with van der Waals surface area (Å²) in [7, 11) is 1.29. The van der Waals surface area contributed by atoms with Crippen LogP contribution in [-0.4, -0.2) is 42.1 Å². The number of alkyl carbamates (subject to hydrolysis) is 1. The molecule has 2 amide bonds. The zero-order valence-corrected chi connectivity index (χ0v) is 11.5. The van der Waals surface area contributed by atoms with E-state index >= 15 is 0 Å². The van der Waals surface area contributed by atoms with Crippen molar-refractivity contribution in [2.75, 3.05) is 20.2 Å². The Kier molecular flexibility index (Phi) is 5.78. The van der Waals surface area contributed by atoms with Crippen LogP contribution in [0.2, 0.25) is 0 Å². The molecular formula is C13H19N3O3. The van der Waals surface area contributed by atoms with Gasteiger partial charge in [0.15, 0.2) is 0 Å². The van der Waals surface area contributed by atoms with E-state index in [1.54, 1.807) is 23.2 Å². The monoisotopic (exact) mass is 265 g/mol. The van der Waals surface area contributed by atoms with E-state index in [0.717, 1.165) is 0 Å². The molecule has 19 heavy (non-hydrogen) atoms. The number of carbonyl (C=O) groups excluding carboxylic acids is 2. The minimum absolute atomic E-state index is 0.0354. The van der Waals surface area contributed by atoms with Crippen molar-refractivity contribution < 1.29 is 14.3 Å². The van der Waals surface area contributed by atoms with Crippen molar-refractivity contribution in [2.45, 2.75) is 20.4 Å². The topological polar surface area (TPSA) is 71.5 Å². The Morgan fingerprint density at radius 2 is 2.05 bits per heavy atom. The smallest absolute Gasteiger partial charge is 0.407 e. The molecule has 0 aliphatic rings. The number of nitrogens with one attached hydrogen (secondary N) is 1. The number of methoxy groups -OCH3 is 1. The Hall–Kier alpha value is -2.11. The first-order valence-corrected chi connectivity index (χ1v) is 6.18. The third kappa shape index (κ3) is 4.24. The number of pyridine rings is 1. The Labute approximate surface area is 112 Å². The molecule has 0 saturated heterocycles. The molecule has 1 aromatic heterocycles. The van der Waals surface area contributed by atoms with Gasteiger partial charge in [0.25, 0.3) is 5.91 Å². The molecule has 0 unspecified atom stereocenters. The van der Waals surface area contributed by atoms with E-state index in [0.29, 0.717) is 24.3 Å². The van der Waals surface area contributed by atoms with Crippen molar-refractivity contribution in [3.63, 3.8) is 0 Å². The third-order valence-electron chi connectivity index (χ3n) is 2.71. The lowest BCUT2D eigenvalue weighted by Crippen LogP contribution is -2.30. The standard InChI is InChI=1S/C13H19N3O3/c1-4-16(5-2)12(17)10-6-7-14-11(8-10)9-15-13(18)19-3/h6-8H,4-5,9H2,1-3H3,(H,15,18). The Bertz CT molecular complexity index is 445. The van der Waals surface area contributed by atoms with Gasteiger partial charge < -0.3 is 15.0 Å². The molecule has 1 rings (SSSR count). The lowest BCUT2D eigenvalue weighted by Gasteiger charge is -2.18. The third-order valence-corrected chi connectivity index (χ3v) is 2.71. The van der Waals surface area contributed by atoms with Crippen molar-refractivity contribution in [2.24, 2.45) is 0 Å². The van der Waals surface area contributed by atoms with Gasteiger partial charge in [0, 0.05) is 24.8 Å². The van der Waals surface area contributed by atoms with E-state index < -0.39 is 6.09 Å². The predicted octanol–water partition coefficient (Wildman–Crippen LogP) is 1.42. The van der Waals surface area contributed by atoms with Crippen LogP contribution in [-0.2, 0) is 11.3 Å². The minimum atomic E-state index is -0.526. The number of nitrogens with zero attached hydrogens (tertiary/aromatic N) is 2. The Morgan fingerprint density at radius 1 is 1.37 bits per heavy atom. The van der Waals surface area contributed by atoms with Gasteiger partial charge in [-0.05, 0) is 26.0 Å². The van der Waals surface area contributed by atoms with E-state index in [9.17, 15) is 9.59 Å². The van der Waals surface area contributed by atoms with Gasteiger partial charge in [-0.25, -0.2) is 4.79 Å². The first-order valence-electron chi connectivity index (χ1n) is 6.18. The Morgan fingerprint density at radius 3 is 2.63 bits per heavy atom. The maximum Gasteiger partial charge on any atom is 0.407 e. The summed E-state index contributed by atoms with van der Waals surface area (Å²) in [5.74, 6) is -0.0354. The molecule has 1 aromatic rings. The quantitative estimate of drug-likeness (QED) is 0.874. The molecule has 1 heterocycles. The predicted molar refractivity (Wildman–Crippen MR) is 70.7 cm³/mol. The van der Waals surface area contributed by atoms with Crippen LogP contribution in [0.4, 0.5) is 4.79 Å². The van der Waals surface area contributed by atoms with E-state index in [2.05, 4.69) is 15.0 Å². The summed E-state index contributed by atoms with van der Waals surface area (Å²) in [6, 6.07) is 3.35. The molecule has 0 spiro atoms. The van der Waals surface area contributed by atoms with E-state index in [-0.39, 0.29) is 12.5 Å². The van der Waals surface area contributed by atoms with Crippen LogP contribution in [0.15, 0.2) is 18.3 Å². The highest BCUT2D eigenvalue weighted by Gasteiger charge is 2.13. The van der Waals surface area contributed by atoms with Crippen molar-refractivity contribution >= 4 is 12.0 Å². The van der Waals surface area contributed by atoms with Crippen LogP contribution < -0.4 is 5.32 Å². The molecule has 0 aromatic carbocycles. The van der Waals surface area contributed by atoms with Gasteiger partial charge in [0.05, 0.1) is 19.3 Å². The van der Waals surface area contributed by atoms with Gasteiger partial charge >= 0.3 is 6.09 Å². The highest BCUT2D eigenvalue weighted by atomic mass is 16.5. The lowest BCUT2D eigenvalue weighted by atomic mass is 10.2. The molecule has 0 radical (unpaired) electrons. The molecule has 0 fully saturated rings. The number of hydrogen-bond acceptors (Lipinski definition) is 4. The first-order chi connectivity index (χ1) is 9.12. The highest BCUT2D eigenvalue weighted by molar-refractivity contribution is 5.94. The zero-order chi connectivity index (χ0) is 14.3. The summed E-state index contributed by atoms with van der Waals surface area (Å²) < 4.78 is 4.47. The number of aromatic nitrogens is 1. The molecule has 1 N–H and O–H groups in total. The fourth-order valence-corrected chi connectivity index (χ4v) is 1.64. The van der Waals surface area contributed by atoms with E-state index in [4.69, 9.17) is 0 Å². The van der Waals surface area contributed by atoms with Crippen LogP contribution in [0.1, 0.15) is 29.9 Å². The maximum atomic E-state index is 12.1.